The van der Waals surface area contributed by atoms with Gasteiger partial charge in [0.2, 0.25) is 0 Å². The molecule has 1 aromatic carbocycles. The molecule has 0 spiro atoms. The Bertz CT molecular complexity index is 1280. The number of carbonyl (C=O) groups excluding carboxylic acids is 1. The lowest BCUT2D eigenvalue weighted by Crippen LogP contribution is -2.52. The zero-order chi connectivity index (χ0) is 29.1. The summed E-state index contributed by atoms with van der Waals surface area (Å²) in [5.41, 5.74) is 4.77. The number of hydrogen-bond donors (Lipinski definition) is 1. The fourth-order valence-electron chi connectivity index (χ4n) is 6.54. The Morgan fingerprint density at radius 2 is 1.73 bits per heavy atom. The number of rotatable bonds is 9. The van der Waals surface area contributed by atoms with E-state index in [1.807, 2.05) is 32.9 Å². The average molecular weight is 567 g/mol. The van der Waals surface area contributed by atoms with Gasteiger partial charge in [0.15, 0.2) is 0 Å². The van der Waals surface area contributed by atoms with Crippen molar-refractivity contribution < 1.29 is 19.0 Å². The van der Waals surface area contributed by atoms with E-state index in [0.29, 0.717) is 23.2 Å². The van der Waals surface area contributed by atoms with Gasteiger partial charge in [-0.05, 0) is 63.8 Å². The van der Waals surface area contributed by atoms with Crippen LogP contribution in [0.1, 0.15) is 65.3 Å². The molecule has 5 rings (SSSR count). The Kier molecular flexibility index (Phi) is 9.36. The smallest absolute Gasteiger partial charge is 0.254 e. The van der Waals surface area contributed by atoms with Crippen LogP contribution in [-0.2, 0) is 16.0 Å². The molecule has 0 radical (unpaired) electrons. The van der Waals surface area contributed by atoms with E-state index in [9.17, 15) is 9.59 Å². The Balaban J connectivity index is 1.41. The van der Waals surface area contributed by atoms with Crippen LogP contribution in [0, 0.1) is 20.8 Å². The van der Waals surface area contributed by atoms with E-state index in [1.165, 1.54) is 0 Å². The van der Waals surface area contributed by atoms with Gasteiger partial charge in [-0.2, -0.15) is 0 Å². The van der Waals surface area contributed by atoms with Crippen LogP contribution < -0.4 is 15.2 Å². The first kappa shape index (κ1) is 29.6. The standard InChI is InChI=1S/C32H46N4O5/c1-6-36(24-7-11-39-12-8-24)30-19-27(41-26-16-25(17-26)35-9-13-40-14-10-35)18-28(23(30)4)32(38)34(5)20-29-21(2)15-22(3)33-31(29)37/h15,18-19,24-26H,6-14,16-17,20H2,1-5H3,(H,33,37). The molecule has 224 valence electrons. The molecule has 1 aliphatic carbocycles. The highest BCUT2D eigenvalue weighted by Crippen LogP contribution is 2.36. The lowest BCUT2D eigenvalue weighted by molar-refractivity contribution is -0.0373. The predicted molar refractivity (Wildman–Crippen MR) is 160 cm³/mol. The molecule has 0 bridgehead atoms. The van der Waals surface area contributed by atoms with Gasteiger partial charge in [-0.3, -0.25) is 14.5 Å². The number of aryl methyl sites for hydroxylation is 2. The molecule has 9 nitrogen and oxygen atoms in total. The SMILES string of the molecule is CCN(c1cc(OC2CC(N3CCOCC3)C2)cc(C(=O)N(C)Cc2c(C)cc(C)[nH]c2=O)c1C)C1CCOCC1. The summed E-state index contributed by atoms with van der Waals surface area (Å²) in [6.45, 7) is 14.1. The van der Waals surface area contributed by atoms with Crippen molar-refractivity contribution in [3.8, 4) is 5.75 Å². The van der Waals surface area contributed by atoms with Crippen LogP contribution in [0.2, 0.25) is 0 Å². The average Bonchev–Trinajstić information content (AvgIpc) is 2.94. The summed E-state index contributed by atoms with van der Waals surface area (Å²) in [4.78, 5) is 36.1. The van der Waals surface area contributed by atoms with Crippen LogP contribution in [0.15, 0.2) is 23.0 Å². The second-order valence-electron chi connectivity index (χ2n) is 11.9. The number of nitrogens with zero attached hydrogens (tertiary/aromatic N) is 3. The van der Waals surface area contributed by atoms with Gasteiger partial charge in [-0.1, -0.05) is 0 Å². The van der Waals surface area contributed by atoms with Gasteiger partial charge in [-0.25, -0.2) is 0 Å². The van der Waals surface area contributed by atoms with E-state index < -0.39 is 0 Å². The third-order valence-corrected chi connectivity index (χ3v) is 9.04. The Labute approximate surface area is 243 Å². The largest absolute Gasteiger partial charge is 0.490 e. The van der Waals surface area contributed by atoms with Gasteiger partial charge in [0.25, 0.3) is 11.5 Å². The fourth-order valence-corrected chi connectivity index (χ4v) is 6.54. The number of ether oxygens (including phenoxy) is 3. The number of benzene rings is 1. The van der Waals surface area contributed by atoms with Crippen molar-refractivity contribution in [3.05, 3.63) is 56.5 Å². The predicted octanol–water partition coefficient (Wildman–Crippen LogP) is 3.82. The van der Waals surface area contributed by atoms with Gasteiger partial charge in [-0.15, -0.1) is 0 Å². The van der Waals surface area contributed by atoms with Crippen LogP contribution in [0.5, 0.6) is 5.75 Å². The second-order valence-corrected chi connectivity index (χ2v) is 11.9. The molecule has 41 heavy (non-hydrogen) atoms. The quantitative estimate of drug-likeness (QED) is 0.494. The topological polar surface area (TPSA) is 87.3 Å². The van der Waals surface area contributed by atoms with E-state index in [4.69, 9.17) is 14.2 Å². The molecule has 9 heteroatoms. The maximum absolute atomic E-state index is 14.0. The van der Waals surface area contributed by atoms with E-state index >= 15 is 0 Å². The monoisotopic (exact) mass is 566 g/mol. The first-order valence-electron chi connectivity index (χ1n) is 15.2. The molecule has 0 unspecified atom stereocenters. The molecular weight excluding hydrogens is 520 g/mol. The Morgan fingerprint density at radius 1 is 1.05 bits per heavy atom. The Morgan fingerprint density at radius 3 is 2.39 bits per heavy atom. The molecule has 1 N–H and O–H groups in total. The fraction of sp³-hybridized carbons (Fsp3) is 0.625. The highest BCUT2D eigenvalue weighted by molar-refractivity contribution is 5.97. The summed E-state index contributed by atoms with van der Waals surface area (Å²) in [6.07, 6.45) is 4.02. The van der Waals surface area contributed by atoms with Crippen molar-refractivity contribution >= 4 is 11.6 Å². The van der Waals surface area contributed by atoms with Crippen LogP contribution in [0.3, 0.4) is 0 Å². The molecule has 1 amide bonds. The molecule has 3 aliphatic rings. The van der Waals surface area contributed by atoms with Gasteiger partial charge in [0.1, 0.15) is 11.9 Å². The molecule has 1 saturated carbocycles. The summed E-state index contributed by atoms with van der Waals surface area (Å²) >= 11 is 0. The first-order chi connectivity index (χ1) is 19.7. The summed E-state index contributed by atoms with van der Waals surface area (Å²) in [7, 11) is 1.77. The molecule has 1 aromatic heterocycles. The van der Waals surface area contributed by atoms with Crippen molar-refractivity contribution in [2.24, 2.45) is 0 Å². The van der Waals surface area contributed by atoms with Crippen molar-refractivity contribution in [3.63, 3.8) is 0 Å². The third kappa shape index (κ3) is 6.63. The number of amides is 1. The zero-order valence-corrected chi connectivity index (χ0v) is 25.3. The maximum atomic E-state index is 14.0. The summed E-state index contributed by atoms with van der Waals surface area (Å²) in [6, 6.07) is 6.87. The van der Waals surface area contributed by atoms with Gasteiger partial charge in [0, 0.05) is 93.4 Å². The number of H-pyrrole nitrogens is 1. The van der Waals surface area contributed by atoms with Gasteiger partial charge >= 0.3 is 0 Å². The number of hydrogen-bond acceptors (Lipinski definition) is 7. The number of anilines is 1. The molecule has 2 saturated heterocycles. The van der Waals surface area contributed by atoms with E-state index in [2.05, 4.69) is 27.8 Å². The lowest BCUT2D eigenvalue weighted by Gasteiger charge is -2.44. The summed E-state index contributed by atoms with van der Waals surface area (Å²) in [5, 5.41) is 0. The molecule has 3 fully saturated rings. The van der Waals surface area contributed by atoms with Crippen LogP contribution >= 0.6 is 0 Å². The third-order valence-electron chi connectivity index (χ3n) is 9.04. The number of carbonyl (C=O) groups is 1. The maximum Gasteiger partial charge on any atom is 0.254 e. The van der Waals surface area contributed by atoms with Gasteiger partial charge in [0.05, 0.1) is 19.8 Å². The van der Waals surface area contributed by atoms with Crippen molar-refractivity contribution in [2.75, 3.05) is 58.0 Å². The molecule has 3 heterocycles. The minimum atomic E-state index is -0.145. The van der Waals surface area contributed by atoms with Crippen LogP contribution in [0.4, 0.5) is 5.69 Å². The van der Waals surface area contributed by atoms with E-state index in [1.54, 1.807) is 11.9 Å². The summed E-state index contributed by atoms with van der Waals surface area (Å²) in [5.74, 6) is 0.624. The van der Waals surface area contributed by atoms with Crippen LogP contribution in [0.25, 0.3) is 0 Å². The van der Waals surface area contributed by atoms with Crippen LogP contribution in [-0.4, -0.2) is 92.0 Å². The second kappa shape index (κ2) is 13.0. The number of nitrogens with one attached hydrogen (secondary N) is 1. The summed E-state index contributed by atoms with van der Waals surface area (Å²) < 4.78 is 17.7. The lowest BCUT2D eigenvalue weighted by atomic mass is 9.87. The molecule has 2 aliphatic heterocycles. The van der Waals surface area contributed by atoms with Crippen molar-refractivity contribution in [1.29, 1.82) is 0 Å². The zero-order valence-electron chi connectivity index (χ0n) is 25.3. The van der Waals surface area contributed by atoms with Crippen molar-refractivity contribution in [2.45, 2.75) is 78.1 Å². The number of aromatic nitrogens is 1. The highest BCUT2D eigenvalue weighted by Gasteiger charge is 2.36. The Hall–Kier alpha value is -2.88. The number of pyridine rings is 1. The number of morpholine rings is 1. The van der Waals surface area contributed by atoms with E-state index in [0.717, 1.165) is 100 Å². The first-order valence-corrected chi connectivity index (χ1v) is 15.2. The normalized spacial score (nSPS) is 21.8. The minimum absolute atomic E-state index is 0.114. The van der Waals surface area contributed by atoms with E-state index in [-0.39, 0.29) is 24.1 Å². The molecule has 2 aromatic rings. The van der Waals surface area contributed by atoms with Gasteiger partial charge < -0.3 is 29.0 Å². The highest BCUT2D eigenvalue weighted by atomic mass is 16.5. The van der Waals surface area contributed by atoms with Crippen molar-refractivity contribution in [1.82, 2.24) is 14.8 Å². The molecular formula is C32H46N4O5. The minimum Gasteiger partial charge on any atom is -0.490 e. The number of aromatic amines is 1. The molecule has 0 atom stereocenters.